The Kier molecular flexibility index (Phi) is 4.78. The molecule has 8 nitrogen and oxygen atoms in total. The van der Waals surface area contributed by atoms with Crippen LogP contribution >= 0.6 is 0 Å². The minimum Gasteiger partial charge on any atom is -0.340 e. The number of guanidine groups is 1. The van der Waals surface area contributed by atoms with E-state index < -0.39 is 12.0 Å². The highest BCUT2D eigenvalue weighted by atomic mass is 16.2. The minimum absolute atomic E-state index is 0.261. The molecule has 190 valence electrons. The summed E-state index contributed by atoms with van der Waals surface area (Å²) in [4.78, 5) is 26.2. The lowest BCUT2D eigenvalue weighted by Crippen LogP contribution is -2.51. The first-order chi connectivity index (χ1) is 19.3. The maximum Gasteiger partial charge on any atom is 0.267 e. The molecule has 0 unspecified atom stereocenters. The van der Waals surface area contributed by atoms with Crippen molar-refractivity contribution in [2.75, 3.05) is 17.3 Å². The summed E-state index contributed by atoms with van der Waals surface area (Å²) in [7, 11) is 1.66. The summed E-state index contributed by atoms with van der Waals surface area (Å²) < 4.78 is 20.1. The molecule has 2 aromatic carbocycles. The van der Waals surface area contributed by atoms with Gasteiger partial charge in [-0.05, 0) is 56.0 Å². The Balaban J connectivity index is 1.32. The fourth-order valence-corrected chi connectivity index (χ4v) is 5.43. The first-order valence-electron chi connectivity index (χ1n) is 13.9. The van der Waals surface area contributed by atoms with E-state index in [1.807, 2.05) is 79.7 Å². The number of nitrogens with zero attached hydrogens (tertiary/aromatic N) is 6. The van der Waals surface area contributed by atoms with Crippen molar-refractivity contribution in [2.45, 2.75) is 44.8 Å². The number of hydrogen-bond donors (Lipinski definition) is 1. The zero-order valence-electron chi connectivity index (χ0n) is 23.3. The summed E-state index contributed by atoms with van der Waals surface area (Å²) in [6.45, 7) is 2.38. The van der Waals surface area contributed by atoms with Crippen molar-refractivity contribution in [3.63, 3.8) is 0 Å². The van der Waals surface area contributed by atoms with E-state index in [1.165, 1.54) is 4.90 Å². The van der Waals surface area contributed by atoms with Crippen LogP contribution < -0.4 is 10.2 Å². The van der Waals surface area contributed by atoms with Crippen LogP contribution in [0.5, 0.6) is 0 Å². The van der Waals surface area contributed by atoms with Gasteiger partial charge in [0.15, 0.2) is 5.82 Å². The van der Waals surface area contributed by atoms with Crippen LogP contribution in [0.25, 0.3) is 11.3 Å². The summed E-state index contributed by atoms with van der Waals surface area (Å²) >= 11 is 0. The molecule has 38 heavy (non-hydrogen) atoms. The highest BCUT2D eigenvalue weighted by molar-refractivity contribution is 6.21. The SMILES string of the molecule is [2H][C@@]12CCC[C@]1([2H])N1C(=N2)N(C)C(=O)c2c1nn(Cc1ccc(-c3cccc(C)n3)cc1)c2Nc1ccccc1. The van der Waals surface area contributed by atoms with E-state index in [2.05, 4.69) is 15.3 Å². The van der Waals surface area contributed by atoms with Crippen LogP contribution in [-0.4, -0.2) is 50.6 Å². The van der Waals surface area contributed by atoms with E-state index in [9.17, 15) is 6.17 Å². The van der Waals surface area contributed by atoms with E-state index in [4.69, 9.17) is 6.47 Å². The Labute approximate surface area is 224 Å². The normalized spacial score (nSPS) is 24.4. The molecule has 8 heteroatoms. The average Bonchev–Trinajstić information content (AvgIpc) is 3.52. The van der Waals surface area contributed by atoms with Gasteiger partial charge in [0.2, 0.25) is 5.96 Å². The first kappa shape index (κ1) is 20.6. The molecule has 1 aliphatic carbocycles. The maximum atomic E-state index is 13.8. The Hall–Kier alpha value is -4.46. The van der Waals surface area contributed by atoms with E-state index in [0.717, 1.165) is 34.6 Å². The van der Waals surface area contributed by atoms with Crippen LogP contribution in [0.15, 0.2) is 77.8 Å². The standard InChI is InChI=1S/C30H29N7O/c1-19-8-6-11-23(31-19)21-16-14-20(15-17-21)18-36-27(32-22-9-4-3-5-10-22)26-28(34-36)37-25-13-7-12-24(25)33-30(37)35(2)29(26)38/h3-6,8-11,14-17,24-25,32H,7,12-13,18H2,1-2H3/t24-,25+/m1/s1/i24D,25D. The number of aromatic nitrogens is 3. The molecule has 1 saturated carbocycles. The zero-order chi connectivity index (χ0) is 27.6. The van der Waals surface area contributed by atoms with Crippen LogP contribution in [0.1, 0.15) is 43.6 Å². The van der Waals surface area contributed by atoms with Gasteiger partial charge < -0.3 is 5.32 Å². The zero-order valence-corrected chi connectivity index (χ0v) is 21.3. The quantitative estimate of drug-likeness (QED) is 0.402. The lowest BCUT2D eigenvalue weighted by Gasteiger charge is -2.34. The molecule has 0 spiro atoms. The predicted molar refractivity (Wildman–Crippen MR) is 149 cm³/mol. The minimum atomic E-state index is -1.34. The van der Waals surface area contributed by atoms with Gasteiger partial charge in [0.05, 0.1) is 27.0 Å². The van der Waals surface area contributed by atoms with E-state index in [1.54, 1.807) is 16.6 Å². The molecule has 4 aromatic rings. The molecule has 0 saturated heterocycles. The number of carbonyl (C=O) groups excluding carboxylic acids is 1. The van der Waals surface area contributed by atoms with Gasteiger partial charge in [-0.3, -0.25) is 19.6 Å². The molecule has 1 N–H and O–H groups in total. The second-order valence-corrected chi connectivity index (χ2v) is 9.92. The van der Waals surface area contributed by atoms with Crippen LogP contribution in [0.4, 0.5) is 17.3 Å². The van der Waals surface area contributed by atoms with Crippen molar-refractivity contribution in [2.24, 2.45) is 4.99 Å². The third-order valence-corrected chi connectivity index (χ3v) is 7.34. The van der Waals surface area contributed by atoms with Gasteiger partial charge in [0.25, 0.3) is 5.91 Å². The van der Waals surface area contributed by atoms with Gasteiger partial charge >= 0.3 is 0 Å². The van der Waals surface area contributed by atoms with Crippen LogP contribution in [0.3, 0.4) is 0 Å². The average molecular weight is 506 g/mol. The van der Waals surface area contributed by atoms with Gasteiger partial charge in [0, 0.05) is 24.0 Å². The Morgan fingerprint density at radius 2 is 1.84 bits per heavy atom. The van der Waals surface area contributed by atoms with Gasteiger partial charge in [-0.1, -0.05) is 48.5 Å². The largest absolute Gasteiger partial charge is 0.340 e. The first-order valence-corrected chi connectivity index (χ1v) is 12.9. The van der Waals surface area contributed by atoms with Crippen molar-refractivity contribution in [3.8, 4) is 11.3 Å². The highest BCUT2D eigenvalue weighted by Gasteiger charge is 2.49. The molecule has 0 radical (unpaired) electrons. The summed E-state index contributed by atoms with van der Waals surface area (Å²) in [5.74, 6) is 0.994. The van der Waals surface area contributed by atoms with Crippen molar-refractivity contribution in [1.29, 1.82) is 0 Å². The monoisotopic (exact) mass is 505 g/mol. The van der Waals surface area contributed by atoms with Crippen LogP contribution in [0, 0.1) is 6.92 Å². The second kappa shape index (κ2) is 8.83. The van der Waals surface area contributed by atoms with Gasteiger partial charge in [-0.15, -0.1) is 0 Å². The number of pyridine rings is 1. The number of aliphatic imine (C=N–C) groups is 1. The van der Waals surface area contributed by atoms with Gasteiger partial charge in [0.1, 0.15) is 11.4 Å². The molecular weight excluding hydrogens is 474 g/mol. The fraction of sp³-hybridized carbons (Fsp3) is 0.267. The number of rotatable bonds is 5. The van der Waals surface area contributed by atoms with Gasteiger partial charge in [-0.2, -0.15) is 5.10 Å². The molecule has 2 atom stereocenters. The fourth-order valence-electron chi connectivity index (χ4n) is 5.43. The van der Waals surface area contributed by atoms with E-state index >= 15 is 0 Å². The third-order valence-electron chi connectivity index (χ3n) is 7.34. The number of benzene rings is 2. The van der Waals surface area contributed by atoms with E-state index in [0.29, 0.717) is 42.5 Å². The smallest absolute Gasteiger partial charge is 0.267 e. The molecule has 7 rings (SSSR count). The van der Waals surface area contributed by atoms with Crippen molar-refractivity contribution >= 4 is 29.2 Å². The number of fused-ring (bicyclic) bond motifs is 5. The van der Waals surface area contributed by atoms with Gasteiger partial charge in [-0.25, -0.2) is 9.67 Å². The summed E-state index contributed by atoms with van der Waals surface area (Å²) in [6.07, 6.45) is 1.69. The van der Waals surface area contributed by atoms with Crippen molar-refractivity contribution < 1.29 is 7.54 Å². The molecule has 2 aliphatic heterocycles. The lowest BCUT2D eigenvalue weighted by molar-refractivity contribution is 0.0866. The summed E-state index contributed by atoms with van der Waals surface area (Å²) in [5.41, 5.74) is 5.10. The molecule has 2 aromatic heterocycles. The molecule has 1 amide bonds. The summed E-state index contributed by atoms with van der Waals surface area (Å²) in [5, 5.41) is 8.36. The number of carbonyl (C=O) groups is 1. The lowest BCUT2D eigenvalue weighted by atomic mass is 10.1. The summed E-state index contributed by atoms with van der Waals surface area (Å²) in [6, 6.07) is 21.1. The molecule has 0 bridgehead atoms. The second-order valence-electron chi connectivity index (χ2n) is 9.92. The van der Waals surface area contributed by atoms with Crippen molar-refractivity contribution in [3.05, 3.63) is 89.6 Å². The third kappa shape index (κ3) is 3.67. The van der Waals surface area contributed by atoms with Crippen LogP contribution in [-0.2, 0) is 6.54 Å². The Bertz CT molecular complexity index is 1670. The number of aryl methyl sites for hydroxylation is 1. The molecule has 4 heterocycles. The number of hydrogen-bond acceptors (Lipinski definition) is 6. The highest BCUT2D eigenvalue weighted by Crippen LogP contribution is 2.43. The number of anilines is 3. The number of para-hydroxylation sites is 1. The van der Waals surface area contributed by atoms with Crippen molar-refractivity contribution in [1.82, 2.24) is 19.7 Å². The molecular formula is C30H29N7O. The molecule has 3 aliphatic rings. The Morgan fingerprint density at radius 1 is 1.03 bits per heavy atom. The predicted octanol–water partition coefficient (Wildman–Crippen LogP) is 5.23. The van der Waals surface area contributed by atoms with E-state index in [-0.39, 0.29) is 5.91 Å². The Morgan fingerprint density at radius 3 is 2.63 bits per heavy atom. The number of amides is 1. The van der Waals surface area contributed by atoms with Crippen LogP contribution in [0.2, 0.25) is 0 Å². The molecule has 1 fully saturated rings. The maximum absolute atomic E-state index is 13.8. The topological polar surface area (TPSA) is 78.7 Å². The number of nitrogens with one attached hydrogen (secondary N) is 1.